The van der Waals surface area contributed by atoms with Crippen molar-refractivity contribution < 1.29 is 10.3 Å². The van der Waals surface area contributed by atoms with Crippen LogP contribution in [0.1, 0.15) is 24.3 Å². The van der Waals surface area contributed by atoms with E-state index < -0.39 is 0 Å². The first-order chi connectivity index (χ1) is 6.75. The summed E-state index contributed by atoms with van der Waals surface area (Å²) < 4.78 is 0. The lowest BCUT2D eigenvalue weighted by molar-refractivity contribution is -0.106. The van der Waals surface area contributed by atoms with E-state index >= 15 is 0 Å². The van der Waals surface area contributed by atoms with Crippen LogP contribution >= 0.6 is 0 Å². The Hall–Kier alpha value is -1.06. The Morgan fingerprint density at radius 3 is 2.21 bits per heavy atom. The fraction of sp³-hybridized carbons (Fsp3) is 0.455. The summed E-state index contributed by atoms with van der Waals surface area (Å²) in [7, 11) is 0. The Kier molecular flexibility index (Phi) is 2.70. The van der Waals surface area contributed by atoms with Gasteiger partial charge >= 0.3 is 0 Å². The van der Waals surface area contributed by atoms with Crippen LogP contribution in [0.5, 0.6) is 5.75 Å². The molecule has 0 spiro atoms. The van der Waals surface area contributed by atoms with E-state index in [9.17, 15) is 5.21 Å². The van der Waals surface area contributed by atoms with Crippen LogP contribution < -0.4 is 0 Å². The summed E-state index contributed by atoms with van der Waals surface area (Å²) in [6.45, 7) is 1.48. The number of piperidine rings is 1. The normalized spacial score (nSPS) is 19.8. The van der Waals surface area contributed by atoms with Gasteiger partial charge in [-0.2, -0.15) is 5.06 Å². The third-order valence-corrected chi connectivity index (χ3v) is 2.84. The second-order valence-electron chi connectivity index (χ2n) is 3.82. The lowest BCUT2D eigenvalue weighted by atomic mass is 9.90. The maximum atomic E-state index is 9.21. The molecule has 1 aliphatic heterocycles. The molecule has 1 fully saturated rings. The SMILES string of the molecule is Oc1ccc(C2CCN(O)CC2)cc1. The Bertz CT molecular complexity index is 289. The third kappa shape index (κ3) is 2.05. The van der Waals surface area contributed by atoms with Gasteiger partial charge in [-0.1, -0.05) is 12.1 Å². The van der Waals surface area contributed by atoms with Crippen LogP contribution in [0.3, 0.4) is 0 Å². The van der Waals surface area contributed by atoms with Gasteiger partial charge in [0.25, 0.3) is 0 Å². The van der Waals surface area contributed by atoms with Crippen LogP contribution in [-0.4, -0.2) is 28.5 Å². The van der Waals surface area contributed by atoms with Crippen LogP contribution in [-0.2, 0) is 0 Å². The van der Waals surface area contributed by atoms with Crippen LogP contribution in [0, 0.1) is 0 Å². The highest BCUT2D eigenvalue weighted by Gasteiger charge is 2.18. The van der Waals surface area contributed by atoms with E-state index in [1.807, 2.05) is 12.1 Å². The van der Waals surface area contributed by atoms with Gasteiger partial charge in [-0.15, -0.1) is 0 Å². The second kappa shape index (κ2) is 3.98. The minimum absolute atomic E-state index is 0.313. The molecule has 3 nitrogen and oxygen atoms in total. The number of nitrogens with zero attached hydrogens (tertiary/aromatic N) is 1. The molecule has 0 atom stereocenters. The number of aromatic hydroxyl groups is 1. The van der Waals surface area contributed by atoms with E-state index in [-0.39, 0.29) is 0 Å². The average molecular weight is 193 g/mol. The molecule has 0 amide bonds. The maximum absolute atomic E-state index is 9.21. The molecule has 0 saturated carbocycles. The van der Waals surface area contributed by atoms with Gasteiger partial charge in [0.15, 0.2) is 0 Å². The molecule has 3 heteroatoms. The highest BCUT2D eigenvalue weighted by molar-refractivity contribution is 5.28. The number of hydroxylamine groups is 2. The zero-order valence-electron chi connectivity index (χ0n) is 8.06. The fourth-order valence-corrected chi connectivity index (χ4v) is 1.95. The van der Waals surface area contributed by atoms with Gasteiger partial charge < -0.3 is 10.3 Å². The minimum Gasteiger partial charge on any atom is -0.508 e. The number of phenolic OH excluding ortho intramolecular Hbond substituents is 1. The summed E-state index contributed by atoms with van der Waals surface area (Å²) >= 11 is 0. The summed E-state index contributed by atoms with van der Waals surface area (Å²) in [4.78, 5) is 0. The Labute approximate surface area is 83.6 Å². The van der Waals surface area contributed by atoms with Crippen molar-refractivity contribution >= 4 is 0 Å². The summed E-state index contributed by atoms with van der Waals surface area (Å²) in [5, 5.41) is 19.7. The second-order valence-corrected chi connectivity index (χ2v) is 3.82. The van der Waals surface area contributed by atoms with Gasteiger partial charge in [-0.05, 0) is 36.5 Å². The minimum atomic E-state index is 0.313. The van der Waals surface area contributed by atoms with Crippen LogP contribution in [0.25, 0.3) is 0 Å². The molecule has 1 heterocycles. The standard InChI is InChI=1S/C11H15NO2/c13-11-3-1-9(2-4-11)10-5-7-12(14)8-6-10/h1-4,10,13-14H,5-8H2. The molecular formula is C11H15NO2. The van der Waals surface area contributed by atoms with Gasteiger partial charge in [-0.3, -0.25) is 0 Å². The predicted molar refractivity (Wildman–Crippen MR) is 53.4 cm³/mol. The molecule has 2 rings (SSSR count). The Balaban J connectivity index is 2.05. The van der Waals surface area contributed by atoms with E-state index in [0.717, 1.165) is 25.9 Å². The Morgan fingerprint density at radius 2 is 1.64 bits per heavy atom. The summed E-state index contributed by atoms with van der Waals surface area (Å²) in [5.41, 5.74) is 1.26. The molecule has 76 valence electrons. The number of hydrogen-bond acceptors (Lipinski definition) is 3. The number of rotatable bonds is 1. The summed E-state index contributed by atoms with van der Waals surface area (Å²) in [6.07, 6.45) is 1.97. The van der Waals surface area contributed by atoms with E-state index in [1.165, 1.54) is 10.6 Å². The molecule has 0 bridgehead atoms. The number of hydrogen-bond donors (Lipinski definition) is 2. The molecule has 1 aromatic rings. The van der Waals surface area contributed by atoms with Gasteiger partial charge in [-0.25, -0.2) is 0 Å². The van der Waals surface area contributed by atoms with Crippen LogP contribution in [0.2, 0.25) is 0 Å². The highest BCUT2D eigenvalue weighted by atomic mass is 16.5. The molecular weight excluding hydrogens is 178 g/mol. The average Bonchev–Trinajstić information content (AvgIpc) is 2.21. The molecule has 0 radical (unpaired) electrons. The van der Waals surface area contributed by atoms with Crippen molar-refractivity contribution in [3.8, 4) is 5.75 Å². The highest BCUT2D eigenvalue weighted by Crippen LogP contribution is 2.28. The number of benzene rings is 1. The van der Waals surface area contributed by atoms with Gasteiger partial charge in [0.05, 0.1) is 0 Å². The quantitative estimate of drug-likeness (QED) is 0.716. The van der Waals surface area contributed by atoms with Crippen molar-refractivity contribution in [2.24, 2.45) is 0 Å². The Morgan fingerprint density at radius 1 is 1.07 bits per heavy atom. The molecule has 1 aliphatic rings. The lowest BCUT2D eigenvalue weighted by Crippen LogP contribution is -2.29. The van der Waals surface area contributed by atoms with Crippen molar-refractivity contribution in [2.45, 2.75) is 18.8 Å². The van der Waals surface area contributed by atoms with Crippen LogP contribution in [0.15, 0.2) is 24.3 Å². The van der Waals surface area contributed by atoms with Crippen molar-refractivity contribution in [1.82, 2.24) is 5.06 Å². The summed E-state index contributed by atoms with van der Waals surface area (Å²) in [6, 6.07) is 7.38. The molecule has 14 heavy (non-hydrogen) atoms. The molecule has 2 N–H and O–H groups in total. The molecule has 0 aliphatic carbocycles. The molecule has 1 aromatic carbocycles. The van der Waals surface area contributed by atoms with E-state index in [2.05, 4.69) is 0 Å². The third-order valence-electron chi connectivity index (χ3n) is 2.84. The van der Waals surface area contributed by atoms with E-state index in [0.29, 0.717) is 11.7 Å². The van der Waals surface area contributed by atoms with Crippen molar-refractivity contribution in [1.29, 1.82) is 0 Å². The topological polar surface area (TPSA) is 43.7 Å². The van der Waals surface area contributed by atoms with E-state index in [4.69, 9.17) is 5.11 Å². The predicted octanol–water partition coefficient (Wildman–Crippen LogP) is 1.96. The monoisotopic (exact) mass is 193 g/mol. The van der Waals surface area contributed by atoms with Crippen LogP contribution in [0.4, 0.5) is 0 Å². The van der Waals surface area contributed by atoms with Crippen molar-refractivity contribution in [2.75, 3.05) is 13.1 Å². The first kappa shape index (κ1) is 9.49. The molecule has 0 aromatic heterocycles. The first-order valence-corrected chi connectivity index (χ1v) is 4.98. The maximum Gasteiger partial charge on any atom is 0.115 e. The van der Waals surface area contributed by atoms with Gasteiger partial charge in [0, 0.05) is 13.1 Å². The summed E-state index contributed by atoms with van der Waals surface area (Å²) in [5.74, 6) is 0.840. The smallest absolute Gasteiger partial charge is 0.115 e. The van der Waals surface area contributed by atoms with Gasteiger partial charge in [0.2, 0.25) is 0 Å². The molecule has 0 unspecified atom stereocenters. The fourth-order valence-electron chi connectivity index (χ4n) is 1.95. The number of phenols is 1. The zero-order valence-corrected chi connectivity index (χ0v) is 8.06. The van der Waals surface area contributed by atoms with E-state index in [1.54, 1.807) is 12.1 Å². The zero-order chi connectivity index (χ0) is 9.97. The lowest BCUT2D eigenvalue weighted by Gasteiger charge is -2.27. The molecule has 1 saturated heterocycles. The largest absolute Gasteiger partial charge is 0.508 e. The van der Waals surface area contributed by atoms with Gasteiger partial charge in [0.1, 0.15) is 5.75 Å². The van der Waals surface area contributed by atoms with Crippen molar-refractivity contribution in [3.63, 3.8) is 0 Å². The first-order valence-electron chi connectivity index (χ1n) is 4.98. The van der Waals surface area contributed by atoms with Crippen molar-refractivity contribution in [3.05, 3.63) is 29.8 Å².